The van der Waals surface area contributed by atoms with Crippen LogP contribution < -0.4 is 0 Å². The molecule has 3 nitrogen and oxygen atoms in total. The van der Waals surface area contributed by atoms with Crippen molar-refractivity contribution >= 4 is 43.8 Å². The van der Waals surface area contributed by atoms with Gasteiger partial charge in [0.25, 0.3) is 0 Å². The van der Waals surface area contributed by atoms with Gasteiger partial charge in [-0.1, -0.05) is 91.0 Å². The van der Waals surface area contributed by atoms with E-state index in [2.05, 4.69) is 78.9 Å². The predicted molar refractivity (Wildman–Crippen MR) is 155 cm³/mol. The third-order valence-corrected chi connectivity index (χ3v) is 7.31. The van der Waals surface area contributed by atoms with Crippen LogP contribution in [0.25, 0.3) is 77.5 Å². The van der Waals surface area contributed by atoms with Crippen LogP contribution in [0.5, 0.6) is 0 Å². The minimum atomic E-state index is 0.643. The van der Waals surface area contributed by atoms with E-state index in [1.165, 1.54) is 0 Å². The van der Waals surface area contributed by atoms with Crippen LogP contribution in [-0.2, 0) is 0 Å². The second-order valence-electron chi connectivity index (χ2n) is 9.59. The first-order chi connectivity index (χ1) is 18.8. The maximum atomic E-state index is 6.30. The summed E-state index contributed by atoms with van der Waals surface area (Å²) in [5, 5.41) is 4.50. The Balaban J connectivity index is 1.23. The SMILES string of the molecule is c1ccc(-c2nc3c(ccc4cc(-c5cccc(-c6cccc7c6oc6ccccc67)c5)ccc43)o2)cc1. The molecule has 0 N–H and O–H groups in total. The summed E-state index contributed by atoms with van der Waals surface area (Å²) in [6.07, 6.45) is 0. The molecule has 8 aromatic rings. The standard InChI is InChI=1S/C35H21NO2/c1-2-8-22(9-3-1)35-36-33-27-18-16-24(21-26(27)17-19-32(33)38-35)23-10-6-11-25(20-23)28-13-7-14-30-29-12-4-5-15-31(29)37-34(28)30/h1-21H. The Bertz CT molecular complexity index is 2130. The Hall–Kier alpha value is -5.15. The lowest BCUT2D eigenvalue weighted by atomic mass is 9.96. The first-order valence-electron chi connectivity index (χ1n) is 12.7. The van der Waals surface area contributed by atoms with Gasteiger partial charge in [-0.15, -0.1) is 0 Å². The summed E-state index contributed by atoms with van der Waals surface area (Å²) in [5.41, 5.74) is 9.03. The fourth-order valence-corrected chi connectivity index (χ4v) is 5.44. The highest BCUT2D eigenvalue weighted by atomic mass is 16.3. The van der Waals surface area contributed by atoms with Crippen molar-refractivity contribution in [3.05, 3.63) is 127 Å². The van der Waals surface area contributed by atoms with E-state index in [4.69, 9.17) is 13.8 Å². The van der Waals surface area contributed by atoms with E-state index in [0.29, 0.717) is 5.89 Å². The predicted octanol–water partition coefficient (Wildman–Crippen LogP) is 9.88. The summed E-state index contributed by atoms with van der Waals surface area (Å²) in [5.74, 6) is 0.643. The third-order valence-electron chi connectivity index (χ3n) is 7.31. The zero-order chi connectivity index (χ0) is 25.1. The number of benzene rings is 6. The molecule has 0 fully saturated rings. The molecule has 0 amide bonds. The van der Waals surface area contributed by atoms with E-state index in [1.54, 1.807) is 0 Å². The second-order valence-corrected chi connectivity index (χ2v) is 9.59. The van der Waals surface area contributed by atoms with Crippen LogP contribution in [0, 0.1) is 0 Å². The first-order valence-corrected chi connectivity index (χ1v) is 12.7. The van der Waals surface area contributed by atoms with Crippen LogP contribution in [-0.4, -0.2) is 4.98 Å². The monoisotopic (exact) mass is 487 g/mol. The molecule has 0 spiro atoms. The van der Waals surface area contributed by atoms with Gasteiger partial charge in [0.1, 0.15) is 16.7 Å². The lowest BCUT2D eigenvalue weighted by Crippen LogP contribution is -1.84. The molecule has 0 saturated heterocycles. The van der Waals surface area contributed by atoms with Crippen molar-refractivity contribution in [3.63, 3.8) is 0 Å². The number of aromatic nitrogens is 1. The van der Waals surface area contributed by atoms with Crippen molar-refractivity contribution in [2.75, 3.05) is 0 Å². The van der Waals surface area contributed by atoms with Gasteiger partial charge in [-0.3, -0.25) is 0 Å². The van der Waals surface area contributed by atoms with Crippen LogP contribution in [0.3, 0.4) is 0 Å². The summed E-state index contributed by atoms with van der Waals surface area (Å²) in [4.78, 5) is 4.84. The summed E-state index contributed by atoms with van der Waals surface area (Å²) >= 11 is 0. The fraction of sp³-hybridized carbons (Fsp3) is 0. The molecule has 6 aromatic carbocycles. The first kappa shape index (κ1) is 21.0. The van der Waals surface area contributed by atoms with Gasteiger partial charge < -0.3 is 8.83 Å². The molecule has 38 heavy (non-hydrogen) atoms. The van der Waals surface area contributed by atoms with Crippen LogP contribution >= 0.6 is 0 Å². The molecule has 0 unspecified atom stereocenters. The topological polar surface area (TPSA) is 39.2 Å². The number of furan rings is 1. The molecule has 0 radical (unpaired) electrons. The van der Waals surface area contributed by atoms with E-state index >= 15 is 0 Å². The highest BCUT2D eigenvalue weighted by Crippen LogP contribution is 2.38. The van der Waals surface area contributed by atoms with Gasteiger partial charge in [0.05, 0.1) is 0 Å². The molecule has 178 valence electrons. The van der Waals surface area contributed by atoms with Crippen molar-refractivity contribution < 1.29 is 8.83 Å². The van der Waals surface area contributed by atoms with E-state index < -0.39 is 0 Å². The number of fused-ring (bicyclic) bond motifs is 6. The summed E-state index contributed by atoms with van der Waals surface area (Å²) in [7, 11) is 0. The van der Waals surface area contributed by atoms with Gasteiger partial charge in [0.2, 0.25) is 5.89 Å². The van der Waals surface area contributed by atoms with Gasteiger partial charge in [0.15, 0.2) is 5.58 Å². The largest absolute Gasteiger partial charge is 0.455 e. The molecule has 0 aliphatic heterocycles. The Morgan fingerprint density at radius 3 is 2.16 bits per heavy atom. The maximum absolute atomic E-state index is 6.30. The van der Waals surface area contributed by atoms with E-state index in [0.717, 1.165) is 71.6 Å². The van der Waals surface area contributed by atoms with Gasteiger partial charge in [0, 0.05) is 27.3 Å². The minimum absolute atomic E-state index is 0.643. The number of hydrogen-bond acceptors (Lipinski definition) is 3. The van der Waals surface area contributed by atoms with Crippen molar-refractivity contribution in [3.8, 4) is 33.7 Å². The van der Waals surface area contributed by atoms with Crippen molar-refractivity contribution in [1.82, 2.24) is 4.98 Å². The van der Waals surface area contributed by atoms with Gasteiger partial charge in [-0.05, 0) is 58.5 Å². The minimum Gasteiger partial charge on any atom is -0.455 e. The zero-order valence-corrected chi connectivity index (χ0v) is 20.4. The molecule has 0 saturated carbocycles. The molecule has 0 atom stereocenters. The van der Waals surface area contributed by atoms with E-state index in [9.17, 15) is 0 Å². The Kier molecular flexibility index (Phi) is 4.52. The van der Waals surface area contributed by atoms with Crippen LogP contribution in [0.15, 0.2) is 136 Å². The van der Waals surface area contributed by atoms with Crippen LogP contribution in [0.4, 0.5) is 0 Å². The smallest absolute Gasteiger partial charge is 0.227 e. The number of hydrogen-bond donors (Lipinski definition) is 0. The third kappa shape index (κ3) is 3.26. The Morgan fingerprint density at radius 1 is 0.447 bits per heavy atom. The molecule has 8 rings (SSSR count). The molecular weight excluding hydrogens is 466 g/mol. The van der Waals surface area contributed by atoms with Gasteiger partial charge in [-0.25, -0.2) is 4.98 Å². The summed E-state index contributed by atoms with van der Waals surface area (Å²) in [6, 6.07) is 43.9. The molecule has 3 heteroatoms. The lowest BCUT2D eigenvalue weighted by Gasteiger charge is -2.08. The highest BCUT2D eigenvalue weighted by molar-refractivity contribution is 6.10. The van der Waals surface area contributed by atoms with Crippen LogP contribution in [0.1, 0.15) is 0 Å². The van der Waals surface area contributed by atoms with E-state index in [-0.39, 0.29) is 0 Å². The van der Waals surface area contributed by atoms with Crippen LogP contribution in [0.2, 0.25) is 0 Å². The average molecular weight is 488 g/mol. The average Bonchev–Trinajstić information content (AvgIpc) is 3.60. The summed E-state index contributed by atoms with van der Waals surface area (Å²) in [6.45, 7) is 0. The second kappa shape index (κ2) is 8.19. The number of oxazole rings is 1. The summed E-state index contributed by atoms with van der Waals surface area (Å²) < 4.78 is 12.4. The zero-order valence-electron chi connectivity index (χ0n) is 20.4. The number of nitrogens with zero attached hydrogens (tertiary/aromatic N) is 1. The Labute approximate surface area is 218 Å². The van der Waals surface area contributed by atoms with E-state index in [1.807, 2.05) is 48.5 Å². The number of rotatable bonds is 3. The van der Waals surface area contributed by atoms with Gasteiger partial charge >= 0.3 is 0 Å². The highest BCUT2D eigenvalue weighted by Gasteiger charge is 2.14. The normalized spacial score (nSPS) is 11.7. The lowest BCUT2D eigenvalue weighted by molar-refractivity contribution is 0.620. The molecule has 2 aromatic heterocycles. The fourth-order valence-electron chi connectivity index (χ4n) is 5.44. The molecule has 2 heterocycles. The molecular formula is C35H21NO2. The van der Waals surface area contributed by atoms with Gasteiger partial charge in [-0.2, -0.15) is 0 Å². The quantitative estimate of drug-likeness (QED) is 0.249. The molecule has 0 aliphatic rings. The van der Waals surface area contributed by atoms with Crippen molar-refractivity contribution in [1.29, 1.82) is 0 Å². The number of para-hydroxylation sites is 2. The molecule has 0 bridgehead atoms. The molecule has 0 aliphatic carbocycles. The van der Waals surface area contributed by atoms with Crippen molar-refractivity contribution in [2.24, 2.45) is 0 Å². The van der Waals surface area contributed by atoms with Crippen molar-refractivity contribution in [2.45, 2.75) is 0 Å². The maximum Gasteiger partial charge on any atom is 0.227 e. The Morgan fingerprint density at radius 2 is 1.21 bits per heavy atom.